The van der Waals surface area contributed by atoms with Gasteiger partial charge in [0.05, 0.1) is 23.2 Å². The van der Waals surface area contributed by atoms with E-state index in [1.807, 2.05) is 56.6 Å². The molecule has 0 aliphatic carbocycles. The summed E-state index contributed by atoms with van der Waals surface area (Å²) in [5.74, 6) is 0.805. The van der Waals surface area contributed by atoms with Gasteiger partial charge in [0.1, 0.15) is 0 Å². The van der Waals surface area contributed by atoms with E-state index in [4.69, 9.17) is 9.68 Å². The van der Waals surface area contributed by atoms with Crippen LogP contribution in [0.5, 0.6) is 0 Å². The first kappa shape index (κ1) is 30.3. The molecule has 9 heteroatoms. The second-order valence-electron chi connectivity index (χ2n) is 10.2. The zero-order chi connectivity index (χ0) is 29.9. The molecule has 0 saturated heterocycles. The van der Waals surface area contributed by atoms with Crippen molar-refractivity contribution in [2.75, 3.05) is 0 Å². The zero-order valence-corrected chi connectivity index (χ0v) is 26.9. The van der Waals surface area contributed by atoms with E-state index in [1.165, 1.54) is 17.5 Å². The zero-order valence-electron chi connectivity index (χ0n) is 24.5. The summed E-state index contributed by atoms with van der Waals surface area (Å²) in [6.07, 6.45) is 7.08. The largest absolute Gasteiger partial charge is 0.490 e. The number of fused-ring (bicyclic) bond motifs is 1. The van der Waals surface area contributed by atoms with Crippen molar-refractivity contribution in [2.24, 2.45) is 0 Å². The van der Waals surface area contributed by atoms with Gasteiger partial charge in [0.15, 0.2) is 6.39 Å². The summed E-state index contributed by atoms with van der Waals surface area (Å²) >= 11 is 0. The van der Waals surface area contributed by atoms with Crippen LogP contribution in [0.4, 0.5) is 0 Å². The summed E-state index contributed by atoms with van der Waals surface area (Å²) in [5, 5.41) is 17.4. The molecule has 0 N–H and O–H groups in total. The Labute approximate surface area is 269 Å². The van der Waals surface area contributed by atoms with Crippen LogP contribution in [0, 0.1) is 51.2 Å². The van der Waals surface area contributed by atoms with E-state index >= 15 is 0 Å². The van der Waals surface area contributed by atoms with Gasteiger partial charge in [0.25, 0.3) is 0 Å². The third-order valence-corrected chi connectivity index (χ3v) is 7.20. The smallest absolute Gasteiger partial charge is 0.169 e. The van der Waals surface area contributed by atoms with Gasteiger partial charge in [-0.3, -0.25) is 4.98 Å². The summed E-state index contributed by atoms with van der Waals surface area (Å²) in [6, 6.07) is 29.8. The van der Waals surface area contributed by atoms with Gasteiger partial charge in [0, 0.05) is 55.6 Å². The van der Waals surface area contributed by atoms with E-state index in [0.717, 1.165) is 45.0 Å². The van der Waals surface area contributed by atoms with Crippen LogP contribution >= 0.6 is 0 Å². The molecule has 7 rings (SSSR count). The van der Waals surface area contributed by atoms with E-state index in [9.17, 15) is 0 Å². The Kier molecular flexibility index (Phi) is 8.96. The number of aryl methyl sites for hydroxylation is 4. The Morgan fingerprint density at radius 1 is 0.841 bits per heavy atom. The van der Waals surface area contributed by atoms with Gasteiger partial charge in [-0.1, -0.05) is 47.2 Å². The maximum absolute atomic E-state index is 8.96. The molecule has 4 aromatic carbocycles. The molecule has 3 heterocycles. The van der Waals surface area contributed by atoms with Crippen LogP contribution in [0.3, 0.4) is 0 Å². The number of aromatic nitrogens is 6. The SMILES string of the molecule is Cc1cccc(C)c1-n1cc(-c2[c-]ccc(C#N)c2)nn1.Cc1cccc(C)c1-n1ccnc1-c1[c-]ccc2ncoc12.[Ir]. The average molecular weight is 754 g/mol. The molecule has 0 bridgehead atoms. The quantitative estimate of drug-likeness (QED) is 0.175. The Morgan fingerprint density at radius 3 is 2.23 bits per heavy atom. The Balaban J connectivity index is 0.000000171. The molecule has 0 aliphatic heterocycles. The number of oxazole rings is 1. The second-order valence-corrected chi connectivity index (χ2v) is 10.2. The standard InChI is InChI=1S/C18H14N3O.C17H13N4.Ir/c1-12-5-3-6-13(2)16(12)21-10-9-19-18(21)14-7-4-8-15-17(14)22-11-20-15;1-12-5-3-6-13(2)17(12)21-11-16(19-20-21)15-8-4-7-14(9-15)10-18;/h3-6,8-11H,1-2H3;3-7,9,11H,1-2H3;/q2*-1;. The summed E-state index contributed by atoms with van der Waals surface area (Å²) in [4.78, 5) is 8.72. The van der Waals surface area contributed by atoms with Crippen molar-refractivity contribution in [1.29, 1.82) is 5.26 Å². The van der Waals surface area contributed by atoms with Crippen LogP contribution in [-0.4, -0.2) is 29.5 Å². The first-order chi connectivity index (χ1) is 20.9. The van der Waals surface area contributed by atoms with Gasteiger partial charge in [0.2, 0.25) is 0 Å². The summed E-state index contributed by atoms with van der Waals surface area (Å²) in [6.45, 7) is 8.30. The maximum atomic E-state index is 8.96. The van der Waals surface area contributed by atoms with Gasteiger partial charge in [-0.05, 0) is 55.5 Å². The van der Waals surface area contributed by atoms with Gasteiger partial charge < -0.3 is 8.98 Å². The molecule has 8 nitrogen and oxygen atoms in total. The normalized spacial score (nSPS) is 10.5. The number of imidazole rings is 1. The number of nitriles is 1. The van der Waals surface area contributed by atoms with Crippen molar-refractivity contribution < 1.29 is 24.5 Å². The Hall–Kier alpha value is -5.16. The molecule has 0 aliphatic rings. The predicted octanol–water partition coefficient (Wildman–Crippen LogP) is 7.32. The number of rotatable bonds is 4. The molecule has 3 aromatic heterocycles. The van der Waals surface area contributed by atoms with Crippen LogP contribution in [0.1, 0.15) is 27.8 Å². The van der Waals surface area contributed by atoms with E-state index in [2.05, 4.69) is 75.1 Å². The minimum Gasteiger partial charge on any atom is -0.490 e. The van der Waals surface area contributed by atoms with Gasteiger partial charge in [-0.2, -0.15) is 10.4 Å². The fraction of sp³-hybridized carbons (Fsp3) is 0.114. The molecule has 7 aromatic rings. The minimum absolute atomic E-state index is 0. The first-order valence-electron chi connectivity index (χ1n) is 13.7. The number of para-hydroxylation sites is 2. The van der Waals surface area contributed by atoms with E-state index in [0.29, 0.717) is 16.8 Å². The molecule has 0 saturated carbocycles. The number of nitrogens with zero attached hydrogens (tertiary/aromatic N) is 7. The number of hydrogen-bond acceptors (Lipinski definition) is 6. The average Bonchev–Trinajstić information content (AvgIpc) is 3.79. The molecule has 219 valence electrons. The Bertz CT molecular complexity index is 2080. The van der Waals surface area contributed by atoms with E-state index in [-0.39, 0.29) is 20.1 Å². The van der Waals surface area contributed by atoms with Crippen LogP contribution in [0.2, 0.25) is 0 Å². The molecule has 1 radical (unpaired) electrons. The predicted molar refractivity (Wildman–Crippen MR) is 165 cm³/mol. The van der Waals surface area contributed by atoms with E-state index in [1.54, 1.807) is 29.1 Å². The topological polar surface area (TPSA) is 98.3 Å². The molecule has 0 spiro atoms. The maximum Gasteiger partial charge on any atom is 0.169 e. The summed E-state index contributed by atoms with van der Waals surface area (Å²) < 4.78 is 9.38. The Morgan fingerprint density at radius 2 is 1.52 bits per heavy atom. The van der Waals surface area contributed by atoms with Crippen LogP contribution in [-0.2, 0) is 20.1 Å². The molecule has 0 fully saturated rings. The van der Waals surface area contributed by atoms with Crippen molar-refractivity contribution in [3.63, 3.8) is 0 Å². The van der Waals surface area contributed by atoms with Crippen molar-refractivity contribution >= 4 is 11.1 Å². The van der Waals surface area contributed by atoms with Gasteiger partial charge in [-0.15, -0.1) is 48.0 Å². The fourth-order valence-electron chi connectivity index (χ4n) is 5.20. The number of benzene rings is 4. The van der Waals surface area contributed by atoms with Crippen molar-refractivity contribution in [3.05, 3.63) is 132 Å². The number of hydrogen-bond donors (Lipinski definition) is 0. The third kappa shape index (κ3) is 5.86. The van der Waals surface area contributed by atoms with Crippen LogP contribution < -0.4 is 0 Å². The van der Waals surface area contributed by atoms with Crippen molar-refractivity contribution in [1.82, 2.24) is 29.5 Å². The first-order valence-corrected chi connectivity index (χ1v) is 13.7. The summed E-state index contributed by atoms with van der Waals surface area (Å²) in [5.41, 5.74) is 11.3. The van der Waals surface area contributed by atoms with Crippen molar-refractivity contribution in [3.8, 4) is 40.1 Å². The third-order valence-electron chi connectivity index (χ3n) is 7.20. The van der Waals surface area contributed by atoms with Gasteiger partial charge in [-0.25, -0.2) is 9.67 Å². The van der Waals surface area contributed by atoms with Crippen LogP contribution in [0.25, 0.3) is 45.1 Å². The molecule has 44 heavy (non-hydrogen) atoms. The molecule has 0 amide bonds. The monoisotopic (exact) mass is 754 g/mol. The second kappa shape index (κ2) is 13.0. The van der Waals surface area contributed by atoms with E-state index < -0.39 is 0 Å². The van der Waals surface area contributed by atoms with Gasteiger partial charge >= 0.3 is 0 Å². The molecule has 0 atom stereocenters. The molecular weight excluding hydrogens is 727 g/mol. The van der Waals surface area contributed by atoms with Crippen molar-refractivity contribution in [2.45, 2.75) is 27.7 Å². The minimum atomic E-state index is 0. The van der Waals surface area contributed by atoms with Crippen LogP contribution in [0.15, 0.2) is 96.1 Å². The summed E-state index contributed by atoms with van der Waals surface area (Å²) in [7, 11) is 0. The molecular formula is C35H27IrN7O-2. The fourth-order valence-corrected chi connectivity index (χ4v) is 5.20. The molecule has 0 unspecified atom stereocenters.